The van der Waals surface area contributed by atoms with Gasteiger partial charge in [-0.1, -0.05) is 10.8 Å². The molecule has 0 radical (unpaired) electrons. The third-order valence-electron chi connectivity index (χ3n) is 1.18. The van der Waals surface area contributed by atoms with Crippen LogP contribution in [0.5, 0.6) is 0 Å². The monoisotopic (exact) mass is 179 g/mol. The molecule has 66 valence electrons. The number of azide groups is 1. The van der Waals surface area contributed by atoms with Crippen molar-refractivity contribution in [3.8, 4) is 0 Å². The van der Waals surface area contributed by atoms with E-state index in [0.717, 1.165) is 4.73 Å². The molecule has 0 unspecified atom stereocenters. The zero-order valence-electron chi connectivity index (χ0n) is 6.91. The smallest absolute Gasteiger partial charge is 0.261 e. The van der Waals surface area contributed by atoms with Gasteiger partial charge in [0.1, 0.15) is 6.20 Å². The minimum Gasteiger partial charge on any atom is -0.261 e. The Morgan fingerprint density at radius 2 is 2.46 bits per heavy atom. The summed E-state index contributed by atoms with van der Waals surface area (Å²) < 4.78 is 1.10. The highest BCUT2D eigenvalue weighted by molar-refractivity contribution is 5.65. The topological polar surface area (TPSA) is 78.9 Å². The Balaban J connectivity index is 3.04. The van der Waals surface area contributed by atoms with Crippen LogP contribution in [0.2, 0.25) is 0 Å². The first-order valence-electron chi connectivity index (χ1n) is 3.48. The average molecular weight is 179 g/mol. The van der Waals surface area contributed by atoms with Gasteiger partial charge in [-0.2, -0.15) is 0 Å². The molecule has 13 heavy (non-hydrogen) atoms. The van der Waals surface area contributed by atoms with Crippen molar-refractivity contribution in [3.05, 3.63) is 34.8 Å². The summed E-state index contributed by atoms with van der Waals surface area (Å²) in [5.74, 6) is -0.259. The van der Waals surface area contributed by atoms with Crippen LogP contribution in [-0.2, 0) is 4.79 Å². The molecule has 0 N–H and O–H groups in total. The molecular formula is C7H7N4O2+. The molecule has 0 atom stereocenters. The third-order valence-corrected chi connectivity index (χ3v) is 1.18. The summed E-state index contributed by atoms with van der Waals surface area (Å²) in [4.78, 5) is 17.9. The van der Waals surface area contributed by atoms with Crippen LogP contribution in [0.25, 0.3) is 10.4 Å². The van der Waals surface area contributed by atoms with Crippen LogP contribution in [0.15, 0.2) is 29.5 Å². The SMILES string of the molecule is CC(=O)O[n+]1ccccc1N=[N+]=[N-]. The Morgan fingerprint density at radius 1 is 1.69 bits per heavy atom. The van der Waals surface area contributed by atoms with Crippen molar-refractivity contribution >= 4 is 11.8 Å². The van der Waals surface area contributed by atoms with Gasteiger partial charge in [-0.15, -0.1) is 0 Å². The molecule has 0 saturated carbocycles. The fourth-order valence-electron chi connectivity index (χ4n) is 0.758. The van der Waals surface area contributed by atoms with E-state index in [9.17, 15) is 4.79 Å². The van der Waals surface area contributed by atoms with Gasteiger partial charge in [-0.3, -0.25) is 4.84 Å². The normalized spacial score (nSPS) is 8.69. The number of nitrogens with zero attached hydrogens (tertiary/aromatic N) is 4. The van der Waals surface area contributed by atoms with Crippen LogP contribution in [0.4, 0.5) is 5.82 Å². The second kappa shape index (κ2) is 4.08. The average Bonchev–Trinajstić information content (AvgIpc) is 2.08. The van der Waals surface area contributed by atoms with Crippen molar-refractivity contribution < 1.29 is 14.4 Å². The van der Waals surface area contributed by atoms with Crippen LogP contribution in [-0.4, -0.2) is 5.97 Å². The second-order valence-corrected chi connectivity index (χ2v) is 2.16. The Kier molecular flexibility index (Phi) is 2.83. The van der Waals surface area contributed by atoms with E-state index in [2.05, 4.69) is 10.0 Å². The number of carbonyl (C=O) groups excluding carboxylic acids is 1. The van der Waals surface area contributed by atoms with Gasteiger partial charge < -0.3 is 0 Å². The first kappa shape index (κ1) is 9.02. The molecule has 1 rings (SSSR count). The van der Waals surface area contributed by atoms with Gasteiger partial charge in [0.05, 0.1) is 0 Å². The Morgan fingerprint density at radius 3 is 3.08 bits per heavy atom. The maximum absolute atomic E-state index is 10.6. The number of rotatable bonds is 2. The van der Waals surface area contributed by atoms with Crippen molar-refractivity contribution in [2.75, 3.05) is 0 Å². The molecule has 0 aliphatic carbocycles. The number of carbonyl (C=O) groups is 1. The zero-order chi connectivity index (χ0) is 9.68. The van der Waals surface area contributed by atoms with Crippen molar-refractivity contribution in [3.63, 3.8) is 0 Å². The van der Waals surface area contributed by atoms with E-state index in [0.29, 0.717) is 0 Å². The molecule has 0 aliphatic rings. The molecule has 0 aromatic carbocycles. The number of hydrogen-bond donors (Lipinski definition) is 0. The summed E-state index contributed by atoms with van der Waals surface area (Å²) in [5, 5.41) is 3.33. The molecule has 0 saturated heterocycles. The predicted molar refractivity (Wildman–Crippen MR) is 42.7 cm³/mol. The molecule has 0 aliphatic heterocycles. The first-order chi connectivity index (χ1) is 6.24. The van der Waals surface area contributed by atoms with E-state index in [1.807, 2.05) is 0 Å². The molecule has 6 nitrogen and oxygen atoms in total. The standard InChI is InChI=1S/C7H7N4O2/c1-6(12)13-11-5-3-2-4-7(11)9-10-8/h2-5H,1H3/q+1. The lowest BCUT2D eigenvalue weighted by Crippen LogP contribution is -2.44. The largest absolute Gasteiger partial charge is 0.354 e. The summed E-state index contributed by atoms with van der Waals surface area (Å²) >= 11 is 0. The highest BCUT2D eigenvalue weighted by Gasteiger charge is 2.04. The lowest BCUT2D eigenvalue weighted by Gasteiger charge is -1.99. The van der Waals surface area contributed by atoms with E-state index in [1.54, 1.807) is 12.1 Å². The predicted octanol–water partition coefficient (Wildman–Crippen LogP) is 0.891. The maximum atomic E-state index is 10.6. The lowest BCUT2D eigenvalue weighted by atomic mass is 10.5. The van der Waals surface area contributed by atoms with Gasteiger partial charge >= 0.3 is 5.97 Å². The second-order valence-electron chi connectivity index (χ2n) is 2.16. The Hall–Kier alpha value is -2.07. The molecule has 1 heterocycles. The third kappa shape index (κ3) is 2.46. The minimum absolute atomic E-state index is 0.222. The molecular weight excluding hydrogens is 172 g/mol. The van der Waals surface area contributed by atoms with Gasteiger partial charge in [0, 0.05) is 11.8 Å². The summed E-state index contributed by atoms with van der Waals surface area (Å²) in [6.45, 7) is 1.26. The molecule has 0 amide bonds. The number of aromatic nitrogens is 1. The van der Waals surface area contributed by atoms with E-state index in [4.69, 9.17) is 10.4 Å². The van der Waals surface area contributed by atoms with Gasteiger partial charge in [0.2, 0.25) is 5.82 Å². The Bertz CT molecular complexity index is 371. The maximum Gasteiger partial charge on any atom is 0.354 e. The van der Waals surface area contributed by atoms with Crippen LogP contribution in [0.1, 0.15) is 6.92 Å². The first-order valence-corrected chi connectivity index (χ1v) is 3.48. The van der Waals surface area contributed by atoms with Gasteiger partial charge in [-0.25, -0.2) is 4.79 Å². The van der Waals surface area contributed by atoms with Crippen molar-refractivity contribution in [1.29, 1.82) is 0 Å². The van der Waals surface area contributed by atoms with Crippen LogP contribution in [0.3, 0.4) is 0 Å². The molecule has 1 aromatic heterocycles. The zero-order valence-corrected chi connectivity index (χ0v) is 6.91. The minimum atomic E-state index is -0.481. The van der Waals surface area contributed by atoms with E-state index >= 15 is 0 Å². The summed E-state index contributed by atoms with van der Waals surface area (Å²) in [6, 6.07) is 4.85. The highest BCUT2D eigenvalue weighted by Crippen LogP contribution is 2.01. The quantitative estimate of drug-likeness (QED) is 0.292. The molecule has 0 spiro atoms. The number of hydrogen-bond acceptors (Lipinski definition) is 3. The molecule has 1 aromatic rings. The molecule has 6 heteroatoms. The Labute approximate surface area is 74.0 Å². The van der Waals surface area contributed by atoms with Gasteiger partial charge in [0.15, 0.2) is 0 Å². The lowest BCUT2D eigenvalue weighted by molar-refractivity contribution is -0.858. The van der Waals surface area contributed by atoms with Gasteiger partial charge in [-0.05, 0) is 22.8 Å². The fraction of sp³-hybridized carbons (Fsp3) is 0.143. The number of pyridine rings is 1. The van der Waals surface area contributed by atoms with Crippen LogP contribution >= 0.6 is 0 Å². The van der Waals surface area contributed by atoms with Crippen LogP contribution < -0.4 is 9.57 Å². The van der Waals surface area contributed by atoms with Crippen molar-refractivity contribution in [2.24, 2.45) is 5.11 Å². The van der Waals surface area contributed by atoms with Crippen molar-refractivity contribution in [1.82, 2.24) is 0 Å². The van der Waals surface area contributed by atoms with E-state index < -0.39 is 5.97 Å². The van der Waals surface area contributed by atoms with Crippen LogP contribution in [0, 0.1) is 0 Å². The fourth-order valence-corrected chi connectivity index (χ4v) is 0.758. The van der Waals surface area contributed by atoms with Gasteiger partial charge in [0.25, 0.3) is 0 Å². The summed E-state index contributed by atoms with van der Waals surface area (Å²) in [7, 11) is 0. The molecule has 0 bridgehead atoms. The summed E-state index contributed by atoms with van der Waals surface area (Å²) in [5.41, 5.74) is 8.18. The van der Waals surface area contributed by atoms with E-state index in [-0.39, 0.29) is 5.82 Å². The molecule has 0 fully saturated rings. The summed E-state index contributed by atoms with van der Waals surface area (Å²) in [6.07, 6.45) is 1.48. The van der Waals surface area contributed by atoms with Crippen molar-refractivity contribution in [2.45, 2.75) is 6.92 Å². The van der Waals surface area contributed by atoms with E-state index in [1.165, 1.54) is 19.2 Å². The highest BCUT2D eigenvalue weighted by atomic mass is 16.7.